The highest BCUT2D eigenvalue weighted by molar-refractivity contribution is 6.40. The summed E-state index contributed by atoms with van der Waals surface area (Å²) in [6, 6.07) is 16.3. The molecule has 0 saturated heterocycles. The molecular weight excluding hydrogens is 370 g/mol. The lowest BCUT2D eigenvalue weighted by atomic mass is 9.83. The Bertz CT molecular complexity index is 1160. The predicted molar refractivity (Wildman–Crippen MR) is 104 cm³/mol. The van der Waals surface area contributed by atoms with Gasteiger partial charge >= 0.3 is 11.8 Å². The van der Waals surface area contributed by atoms with Crippen LogP contribution in [-0.2, 0) is 16.1 Å². The molecule has 0 atom stereocenters. The van der Waals surface area contributed by atoms with E-state index in [4.69, 9.17) is 0 Å². The number of nitrogens with zero attached hydrogens (tertiary/aromatic N) is 1. The van der Waals surface area contributed by atoms with Crippen molar-refractivity contribution in [2.45, 2.75) is 6.54 Å². The van der Waals surface area contributed by atoms with E-state index in [0.29, 0.717) is 11.3 Å². The molecule has 0 unspecified atom stereocenters. The van der Waals surface area contributed by atoms with Crippen LogP contribution in [0.15, 0.2) is 66.9 Å². The van der Waals surface area contributed by atoms with Gasteiger partial charge in [-0.15, -0.1) is 0 Å². The van der Waals surface area contributed by atoms with Crippen LogP contribution in [0.5, 0.6) is 0 Å². The number of carbonyl (C=O) groups excluding carboxylic acids is 4. The van der Waals surface area contributed by atoms with E-state index in [-0.39, 0.29) is 40.5 Å². The van der Waals surface area contributed by atoms with Crippen LogP contribution >= 0.6 is 0 Å². The van der Waals surface area contributed by atoms with Crippen LogP contribution in [0.1, 0.15) is 37.5 Å². The SMILES string of the molecule is O=C(NCc1ccccn1)C(=O)Nc1cccc2c1C(=O)c1ccccc1C2=O. The molecule has 0 saturated carbocycles. The number of anilines is 1. The summed E-state index contributed by atoms with van der Waals surface area (Å²) in [4.78, 5) is 54.2. The zero-order chi connectivity index (χ0) is 20.4. The van der Waals surface area contributed by atoms with Crippen LogP contribution in [0.2, 0.25) is 0 Å². The topological polar surface area (TPSA) is 105 Å². The van der Waals surface area contributed by atoms with Crippen molar-refractivity contribution >= 4 is 29.1 Å². The molecule has 2 amide bonds. The fourth-order valence-corrected chi connectivity index (χ4v) is 3.18. The van der Waals surface area contributed by atoms with Crippen molar-refractivity contribution < 1.29 is 19.2 Å². The number of pyridine rings is 1. The smallest absolute Gasteiger partial charge is 0.313 e. The first-order valence-electron chi connectivity index (χ1n) is 8.87. The Morgan fingerprint density at radius 2 is 1.45 bits per heavy atom. The van der Waals surface area contributed by atoms with Crippen molar-refractivity contribution in [3.8, 4) is 0 Å². The van der Waals surface area contributed by atoms with Gasteiger partial charge in [0, 0.05) is 22.9 Å². The van der Waals surface area contributed by atoms with Crippen molar-refractivity contribution in [2.24, 2.45) is 0 Å². The normalized spacial score (nSPS) is 12.0. The molecule has 0 spiro atoms. The maximum atomic E-state index is 12.9. The van der Waals surface area contributed by atoms with E-state index in [1.165, 1.54) is 12.1 Å². The van der Waals surface area contributed by atoms with Crippen LogP contribution in [-0.4, -0.2) is 28.4 Å². The van der Waals surface area contributed by atoms with Gasteiger partial charge in [-0.25, -0.2) is 0 Å². The van der Waals surface area contributed by atoms with E-state index in [1.54, 1.807) is 54.7 Å². The zero-order valence-corrected chi connectivity index (χ0v) is 15.1. The Morgan fingerprint density at radius 3 is 2.17 bits per heavy atom. The lowest BCUT2D eigenvalue weighted by molar-refractivity contribution is -0.136. The minimum absolute atomic E-state index is 0.0853. The summed E-state index contributed by atoms with van der Waals surface area (Å²) in [5.74, 6) is -2.48. The second-order valence-electron chi connectivity index (χ2n) is 6.39. The Morgan fingerprint density at radius 1 is 0.759 bits per heavy atom. The Balaban J connectivity index is 1.56. The Hall–Kier alpha value is -4.13. The first-order chi connectivity index (χ1) is 14.1. The summed E-state index contributed by atoms with van der Waals surface area (Å²) in [6.07, 6.45) is 1.58. The van der Waals surface area contributed by atoms with Gasteiger partial charge in [0.25, 0.3) is 0 Å². The summed E-state index contributed by atoms with van der Waals surface area (Å²) in [5, 5.41) is 4.91. The van der Waals surface area contributed by atoms with E-state index in [2.05, 4.69) is 15.6 Å². The standard InChI is InChI=1S/C22H15N3O4/c26-19-14-7-1-2-8-15(14)20(27)18-16(19)9-5-10-17(18)25-22(29)21(28)24-12-13-6-3-4-11-23-13/h1-11H,12H2,(H,24,28)(H,25,29). The van der Waals surface area contributed by atoms with Crippen LogP contribution < -0.4 is 10.6 Å². The lowest BCUT2D eigenvalue weighted by Gasteiger charge is -2.20. The Labute approximate surface area is 165 Å². The third-order valence-electron chi connectivity index (χ3n) is 4.56. The van der Waals surface area contributed by atoms with Crippen molar-refractivity contribution in [3.05, 3.63) is 94.8 Å². The average molecular weight is 385 g/mol. The molecule has 0 fully saturated rings. The molecule has 142 valence electrons. The lowest BCUT2D eigenvalue weighted by Crippen LogP contribution is -2.36. The number of nitrogens with one attached hydrogen (secondary N) is 2. The third kappa shape index (κ3) is 3.41. The summed E-state index contributed by atoms with van der Waals surface area (Å²) in [7, 11) is 0. The molecule has 3 aromatic rings. The van der Waals surface area contributed by atoms with Crippen LogP contribution in [0.4, 0.5) is 5.69 Å². The third-order valence-corrected chi connectivity index (χ3v) is 4.56. The number of carbonyl (C=O) groups is 4. The highest BCUT2D eigenvalue weighted by Crippen LogP contribution is 2.31. The number of hydrogen-bond donors (Lipinski definition) is 2. The number of amides is 2. The molecule has 4 rings (SSSR count). The number of aromatic nitrogens is 1. The van der Waals surface area contributed by atoms with E-state index >= 15 is 0 Å². The molecule has 0 aliphatic heterocycles. The molecule has 2 N–H and O–H groups in total. The van der Waals surface area contributed by atoms with Crippen molar-refractivity contribution in [2.75, 3.05) is 5.32 Å². The van der Waals surface area contributed by atoms with Gasteiger partial charge in [0.05, 0.1) is 23.5 Å². The summed E-state index contributed by atoms with van der Waals surface area (Å²) < 4.78 is 0. The van der Waals surface area contributed by atoms with E-state index in [0.717, 1.165) is 0 Å². The van der Waals surface area contributed by atoms with Gasteiger partial charge in [-0.05, 0) is 18.2 Å². The summed E-state index contributed by atoms with van der Waals surface area (Å²) >= 11 is 0. The fraction of sp³-hybridized carbons (Fsp3) is 0.0455. The van der Waals surface area contributed by atoms with Gasteiger partial charge < -0.3 is 10.6 Å². The van der Waals surface area contributed by atoms with Crippen molar-refractivity contribution in [1.82, 2.24) is 10.3 Å². The largest absolute Gasteiger partial charge is 0.342 e. The highest BCUT2D eigenvalue weighted by Gasteiger charge is 2.32. The first kappa shape index (κ1) is 18.2. The first-order valence-corrected chi connectivity index (χ1v) is 8.87. The number of ketones is 2. The Kier molecular flexibility index (Phi) is 4.70. The van der Waals surface area contributed by atoms with Gasteiger partial charge in [-0.2, -0.15) is 0 Å². The minimum Gasteiger partial charge on any atom is -0.342 e. The molecule has 29 heavy (non-hydrogen) atoms. The number of hydrogen-bond acceptors (Lipinski definition) is 5. The van der Waals surface area contributed by atoms with E-state index < -0.39 is 11.8 Å². The van der Waals surface area contributed by atoms with Crippen molar-refractivity contribution in [3.63, 3.8) is 0 Å². The molecule has 0 radical (unpaired) electrons. The van der Waals surface area contributed by atoms with Gasteiger partial charge in [-0.3, -0.25) is 24.2 Å². The minimum atomic E-state index is -0.937. The van der Waals surface area contributed by atoms with Gasteiger partial charge in [0.1, 0.15) is 0 Å². The molecule has 1 aliphatic rings. The maximum Gasteiger partial charge on any atom is 0.313 e. The van der Waals surface area contributed by atoms with Gasteiger partial charge in [0.15, 0.2) is 11.6 Å². The fourth-order valence-electron chi connectivity index (χ4n) is 3.18. The quantitative estimate of drug-likeness (QED) is 0.526. The molecule has 2 aromatic carbocycles. The summed E-state index contributed by atoms with van der Waals surface area (Å²) in [5.41, 5.74) is 1.59. The second-order valence-corrected chi connectivity index (χ2v) is 6.39. The van der Waals surface area contributed by atoms with E-state index in [1.807, 2.05) is 0 Å². The van der Waals surface area contributed by atoms with Crippen molar-refractivity contribution in [1.29, 1.82) is 0 Å². The molecule has 7 nitrogen and oxygen atoms in total. The van der Waals surface area contributed by atoms with Crippen LogP contribution in [0, 0.1) is 0 Å². The van der Waals surface area contributed by atoms with Gasteiger partial charge in [-0.1, -0.05) is 42.5 Å². The van der Waals surface area contributed by atoms with Gasteiger partial charge in [0.2, 0.25) is 0 Å². The van der Waals surface area contributed by atoms with Crippen LogP contribution in [0.3, 0.4) is 0 Å². The highest BCUT2D eigenvalue weighted by atomic mass is 16.2. The zero-order valence-electron chi connectivity index (χ0n) is 15.1. The average Bonchev–Trinajstić information content (AvgIpc) is 2.76. The predicted octanol–water partition coefficient (Wildman–Crippen LogP) is 2.11. The molecule has 1 aliphatic carbocycles. The molecular formula is C22H15N3O4. The second kappa shape index (κ2) is 7.47. The molecule has 1 aromatic heterocycles. The molecule has 1 heterocycles. The number of benzene rings is 2. The summed E-state index contributed by atoms with van der Waals surface area (Å²) in [6.45, 7) is 0.0881. The number of fused-ring (bicyclic) bond motifs is 2. The molecule has 7 heteroatoms. The van der Waals surface area contributed by atoms with E-state index in [9.17, 15) is 19.2 Å². The monoisotopic (exact) mass is 385 g/mol. The maximum absolute atomic E-state index is 12.9. The number of rotatable bonds is 3. The molecule has 0 bridgehead atoms. The van der Waals surface area contributed by atoms with Crippen LogP contribution in [0.25, 0.3) is 0 Å².